The molecule has 0 spiro atoms. The van der Waals surface area contributed by atoms with Gasteiger partial charge in [0.2, 0.25) is 23.6 Å². The smallest absolute Gasteiger partial charge is 0.242 e. The van der Waals surface area contributed by atoms with E-state index in [1.165, 1.54) is 47.8 Å². The molecule has 0 saturated carbocycles. The molecule has 0 N–H and O–H groups in total. The second kappa shape index (κ2) is 11.3. The van der Waals surface area contributed by atoms with Gasteiger partial charge in [0.25, 0.3) is 0 Å². The highest BCUT2D eigenvalue weighted by atomic mass is 16.2. The van der Waals surface area contributed by atoms with Crippen molar-refractivity contribution in [3.05, 3.63) is 0 Å². The molecule has 0 atom stereocenters. The largest absolute Gasteiger partial charge is 0.337 e. The molecule has 154 valence electrons. The molecule has 0 unspecified atom stereocenters. The maximum atomic E-state index is 12.2. The maximum Gasteiger partial charge on any atom is 0.242 e. The Bertz CT molecular complexity index is 576. The Morgan fingerprint density at radius 1 is 0.630 bits per heavy atom. The maximum absolute atomic E-state index is 12.2. The van der Waals surface area contributed by atoms with Crippen LogP contribution in [0.3, 0.4) is 0 Å². The standard InChI is InChI=1S/C18H32N4O5/c1-8-14(23)9-19(4)15(24)10-20(5)16(25)11-21(6)17(26)12-22(7)18(27)13(2)3/h13H,8-12H2,1-7H3. The molecule has 0 aromatic heterocycles. The van der Waals surface area contributed by atoms with Crippen molar-refractivity contribution < 1.29 is 24.0 Å². The summed E-state index contributed by atoms with van der Waals surface area (Å²) >= 11 is 0. The van der Waals surface area contributed by atoms with E-state index >= 15 is 0 Å². The van der Waals surface area contributed by atoms with Crippen LogP contribution in [0.1, 0.15) is 27.2 Å². The van der Waals surface area contributed by atoms with E-state index in [0.29, 0.717) is 6.42 Å². The molecule has 0 aliphatic heterocycles. The van der Waals surface area contributed by atoms with Crippen molar-refractivity contribution in [1.82, 2.24) is 19.6 Å². The predicted molar refractivity (Wildman–Crippen MR) is 101 cm³/mol. The van der Waals surface area contributed by atoms with Gasteiger partial charge in [0.15, 0.2) is 5.78 Å². The zero-order chi connectivity index (χ0) is 21.3. The Balaban J connectivity index is 4.56. The molecule has 0 aromatic carbocycles. The Labute approximate surface area is 161 Å². The fourth-order valence-corrected chi connectivity index (χ4v) is 2.13. The number of Topliss-reactive ketones (excluding diaryl/α,β-unsaturated/α-hetero) is 1. The molecule has 0 bridgehead atoms. The van der Waals surface area contributed by atoms with Crippen LogP contribution in [0.5, 0.6) is 0 Å². The number of carbonyl (C=O) groups is 5. The van der Waals surface area contributed by atoms with Gasteiger partial charge >= 0.3 is 0 Å². The van der Waals surface area contributed by atoms with Crippen molar-refractivity contribution in [2.45, 2.75) is 27.2 Å². The van der Waals surface area contributed by atoms with Gasteiger partial charge in [-0.15, -0.1) is 0 Å². The summed E-state index contributed by atoms with van der Waals surface area (Å²) in [7, 11) is 5.97. The van der Waals surface area contributed by atoms with E-state index in [4.69, 9.17) is 0 Å². The van der Waals surface area contributed by atoms with Crippen LogP contribution >= 0.6 is 0 Å². The SMILES string of the molecule is CCC(=O)CN(C)C(=O)CN(C)C(=O)CN(C)C(=O)CN(C)C(=O)C(C)C. The van der Waals surface area contributed by atoms with Crippen molar-refractivity contribution in [3.63, 3.8) is 0 Å². The van der Waals surface area contributed by atoms with E-state index < -0.39 is 5.91 Å². The topological polar surface area (TPSA) is 98.3 Å². The van der Waals surface area contributed by atoms with E-state index in [1.807, 2.05) is 0 Å². The van der Waals surface area contributed by atoms with Gasteiger partial charge in [-0.2, -0.15) is 0 Å². The van der Waals surface area contributed by atoms with Gasteiger partial charge in [0.05, 0.1) is 26.2 Å². The summed E-state index contributed by atoms with van der Waals surface area (Å²) in [6.07, 6.45) is 0.340. The van der Waals surface area contributed by atoms with Crippen molar-refractivity contribution in [2.24, 2.45) is 5.92 Å². The van der Waals surface area contributed by atoms with Crippen LogP contribution in [0.2, 0.25) is 0 Å². The number of carbonyl (C=O) groups excluding carboxylic acids is 5. The van der Waals surface area contributed by atoms with Crippen molar-refractivity contribution in [1.29, 1.82) is 0 Å². The van der Waals surface area contributed by atoms with Gasteiger partial charge < -0.3 is 19.6 Å². The summed E-state index contributed by atoms with van der Waals surface area (Å²) in [5.41, 5.74) is 0. The van der Waals surface area contributed by atoms with Crippen LogP contribution < -0.4 is 0 Å². The molecule has 0 heterocycles. The molecule has 0 fully saturated rings. The monoisotopic (exact) mass is 384 g/mol. The van der Waals surface area contributed by atoms with E-state index in [0.717, 1.165) is 0 Å². The first kappa shape index (κ1) is 24.6. The third-order valence-electron chi connectivity index (χ3n) is 4.07. The fraction of sp³-hybridized carbons (Fsp3) is 0.722. The minimum absolute atomic E-state index is 0.00592. The lowest BCUT2D eigenvalue weighted by molar-refractivity contribution is -0.144. The molecule has 9 heteroatoms. The lowest BCUT2D eigenvalue weighted by Crippen LogP contribution is -2.47. The Hall–Kier alpha value is -2.45. The van der Waals surface area contributed by atoms with E-state index in [1.54, 1.807) is 20.8 Å². The highest BCUT2D eigenvalue weighted by Gasteiger charge is 2.22. The minimum atomic E-state index is -0.410. The molecular weight excluding hydrogens is 352 g/mol. The average Bonchev–Trinajstić information content (AvgIpc) is 2.59. The normalized spacial score (nSPS) is 10.4. The third kappa shape index (κ3) is 8.65. The molecule has 0 aliphatic carbocycles. The average molecular weight is 384 g/mol. The molecule has 0 aromatic rings. The Morgan fingerprint density at radius 3 is 1.30 bits per heavy atom. The van der Waals surface area contributed by atoms with Crippen LogP contribution in [0.4, 0.5) is 0 Å². The zero-order valence-corrected chi connectivity index (χ0v) is 17.4. The lowest BCUT2D eigenvalue weighted by Gasteiger charge is -2.25. The van der Waals surface area contributed by atoms with Crippen LogP contribution in [0, 0.1) is 5.92 Å². The number of amides is 4. The molecule has 0 aliphatic rings. The van der Waals surface area contributed by atoms with Gasteiger partial charge in [-0.05, 0) is 0 Å². The second-order valence-corrected chi connectivity index (χ2v) is 6.99. The number of likely N-dealkylation sites (N-methyl/N-ethyl adjacent to an activating group) is 4. The second-order valence-electron chi connectivity index (χ2n) is 6.99. The van der Waals surface area contributed by atoms with E-state index in [2.05, 4.69) is 0 Å². The number of nitrogens with zero attached hydrogens (tertiary/aromatic N) is 4. The van der Waals surface area contributed by atoms with Crippen LogP contribution in [0.15, 0.2) is 0 Å². The number of hydrogen-bond donors (Lipinski definition) is 0. The zero-order valence-electron chi connectivity index (χ0n) is 17.4. The van der Waals surface area contributed by atoms with Gasteiger partial charge in [0, 0.05) is 40.5 Å². The van der Waals surface area contributed by atoms with Crippen molar-refractivity contribution in [2.75, 3.05) is 54.4 Å². The van der Waals surface area contributed by atoms with E-state index in [-0.39, 0.29) is 55.6 Å². The Morgan fingerprint density at radius 2 is 0.963 bits per heavy atom. The first-order valence-corrected chi connectivity index (χ1v) is 8.89. The summed E-state index contributed by atoms with van der Waals surface area (Å²) in [6, 6.07) is 0. The van der Waals surface area contributed by atoms with Gasteiger partial charge in [-0.25, -0.2) is 0 Å². The highest BCUT2D eigenvalue weighted by molar-refractivity contribution is 5.91. The molecule has 4 amide bonds. The lowest BCUT2D eigenvalue weighted by atomic mass is 10.2. The molecule has 27 heavy (non-hydrogen) atoms. The highest BCUT2D eigenvalue weighted by Crippen LogP contribution is 2.00. The molecule has 0 radical (unpaired) electrons. The first-order chi connectivity index (χ1) is 12.4. The number of hydrogen-bond acceptors (Lipinski definition) is 5. The van der Waals surface area contributed by atoms with Crippen LogP contribution in [-0.4, -0.2) is 103 Å². The number of ketones is 1. The molecule has 0 saturated heterocycles. The predicted octanol–water partition coefficient (Wildman–Crippen LogP) is -0.545. The molecule has 0 rings (SSSR count). The fourth-order valence-electron chi connectivity index (χ4n) is 2.13. The minimum Gasteiger partial charge on any atom is -0.337 e. The Kier molecular flexibility index (Phi) is 10.3. The quantitative estimate of drug-likeness (QED) is 0.504. The molecule has 9 nitrogen and oxygen atoms in total. The van der Waals surface area contributed by atoms with Gasteiger partial charge in [0.1, 0.15) is 0 Å². The summed E-state index contributed by atoms with van der Waals surface area (Å²) in [5.74, 6) is -1.58. The summed E-state index contributed by atoms with van der Waals surface area (Å²) < 4.78 is 0. The number of rotatable bonds is 10. The molecular formula is C18H32N4O5. The summed E-state index contributed by atoms with van der Waals surface area (Å²) in [4.78, 5) is 64.7. The van der Waals surface area contributed by atoms with Crippen molar-refractivity contribution >= 4 is 29.4 Å². The van der Waals surface area contributed by atoms with Crippen molar-refractivity contribution in [3.8, 4) is 0 Å². The first-order valence-electron chi connectivity index (χ1n) is 8.89. The van der Waals surface area contributed by atoms with E-state index in [9.17, 15) is 24.0 Å². The van der Waals surface area contributed by atoms with Crippen LogP contribution in [-0.2, 0) is 24.0 Å². The van der Waals surface area contributed by atoms with Crippen LogP contribution in [0.25, 0.3) is 0 Å². The van der Waals surface area contributed by atoms with Gasteiger partial charge in [-0.1, -0.05) is 20.8 Å². The van der Waals surface area contributed by atoms with Gasteiger partial charge in [-0.3, -0.25) is 24.0 Å². The third-order valence-corrected chi connectivity index (χ3v) is 4.07. The summed E-state index contributed by atoms with van der Waals surface area (Å²) in [5, 5.41) is 0. The summed E-state index contributed by atoms with van der Waals surface area (Å²) in [6.45, 7) is 4.71.